The predicted octanol–water partition coefficient (Wildman–Crippen LogP) is -0.824. The van der Waals surface area contributed by atoms with E-state index < -0.39 is 0 Å². The van der Waals surface area contributed by atoms with Crippen LogP contribution in [0, 0.1) is 0 Å². The van der Waals surface area contributed by atoms with Gasteiger partial charge >= 0.3 is 0 Å². The number of rotatable bonds is 4. The molecule has 114 valence electrons. The fraction of sp³-hybridized carbons (Fsp3) is 0.692. The van der Waals surface area contributed by atoms with Crippen LogP contribution in [-0.2, 0) is 20.9 Å². The lowest BCUT2D eigenvalue weighted by Crippen LogP contribution is -2.54. The van der Waals surface area contributed by atoms with Gasteiger partial charge in [-0.25, -0.2) is 4.98 Å². The van der Waals surface area contributed by atoms with Gasteiger partial charge in [0.1, 0.15) is 24.9 Å². The number of aryl methyl sites for hydroxylation is 1. The van der Waals surface area contributed by atoms with Gasteiger partial charge in [-0.3, -0.25) is 14.3 Å². The Balaban J connectivity index is 1.45. The predicted molar refractivity (Wildman–Crippen MR) is 72.1 cm³/mol. The summed E-state index contributed by atoms with van der Waals surface area (Å²) in [5.74, 6) is 0.0470. The Hall–Kier alpha value is -1.96. The minimum atomic E-state index is -0.379. The van der Waals surface area contributed by atoms with Crippen LogP contribution in [0.15, 0.2) is 12.7 Å². The van der Waals surface area contributed by atoms with E-state index in [0.29, 0.717) is 32.6 Å². The summed E-state index contributed by atoms with van der Waals surface area (Å²) in [4.78, 5) is 29.0. The number of carbonyl (C=O) groups excluding carboxylic acids is 2. The molecule has 2 aliphatic heterocycles. The van der Waals surface area contributed by atoms with Gasteiger partial charge in [0.2, 0.25) is 11.8 Å². The monoisotopic (exact) mass is 293 g/mol. The van der Waals surface area contributed by atoms with E-state index in [1.165, 1.54) is 6.33 Å². The Morgan fingerprint density at radius 2 is 2.43 bits per heavy atom. The van der Waals surface area contributed by atoms with E-state index in [0.717, 1.165) is 12.8 Å². The molecule has 2 amide bonds. The molecule has 3 rings (SSSR count). The molecule has 1 N–H and O–H groups in total. The lowest BCUT2D eigenvalue weighted by atomic mass is 10.0. The zero-order valence-electron chi connectivity index (χ0n) is 11.8. The number of amides is 2. The summed E-state index contributed by atoms with van der Waals surface area (Å²) in [6, 6.07) is 0. The molecule has 0 bridgehead atoms. The molecule has 1 atom stereocenters. The van der Waals surface area contributed by atoms with Gasteiger partial charge in [0, 0.05) is 26.1 Å². The van der Waals surface area contributed by atoms with Gasteiger partial charge in [0.15, 0.2) is 0 Å². The van der Waals surface area contributed by atoms with E-state index in [-0.39, 0.29) is 24.0 Å². The van der Waals surface area contributed by atoms with Crippen LogP contribution in [0.5, 0.6) is 0 Å². The molecule has 2 aliphatic rings. The quantitative estimate of drug-likeness (QED) is 0.783. The van der Waals surface area contributed by atoms with Gasteiger partial charge in [-0.05, 0) is 12.8 Å². The van der Waals surface area contributed by atoms with Crippen molar-refractivity contribution in [3.05, 3.63) is 12.7 Å². The lowest BCUT2D eigenvalue weighted by Gasteiger charge is -2.33. The fourth-order valence-corrected chi connectivity index (χ4v) is 2.80. The van der Waals surface area contributed by atoms with Gasteiger partial charge < -0.3 is 15.0 Å². The van der Waals surface area contributed by atoms with Crippen LogP contribution in [-0.4, -0.2) is 63.3 Å². The van der Waals surface area contributed by atoms with E-state index in [1.54, 1.807) is 11.0 Å². The lowest BCUT2D eigenvalue weighted by molar-refractivity contribution is -0.143. The number of ether oxygens (including phenoxy) is 1. The summed E-state index contributed by atoms with van der Waals surface area (Å²) in [7, 11) is 0. The molecule has 0 aliphatic carbocycles. The van der Waals surface area contributed by atoms with Gasteiger partial charge in [0.05, 0.1) is 6.54 Å². The largest absolute Gasteiger partial charge is 0.361 e. The molecule has 0 aromatic carbocycles. The van der Waals surface area contributed by atoms with Crippen LogP contribution in [0.4, 0.5) is 0 Å². The topological polar surface area (TPSA) is 89.4 Å². The summed E-state index contributed by atoms with van der Waals surface area (Å²) in [5.41, 5.74) is -0.379. The average Bonchev–Trinajstić information content (AvgIpc) is 3.13. The smallest absolute Gasteiger partial charge is 0.246 e. The first-order chi connectivity index (χ1) is 10.2. The minimum Gasteiger partial charge on any atom is -0.361 e. The molecule has 0 radical (unpaired) electrons. The molecule has 8 heteroatoms. The standard InChI is InChI=1S/C13H19N5O3/c19-11-6-21-13(7-15-11)3-5-17(8-13)12(20)2-1-4-18-10-14-9-16-18/h9-10H,1-8H2,(H,15,19). The number of likely N-dealkylation sites (tertiary alicyclic amines) is 1. The van der Waals surface area contributed by atoms with Crippen molar-refractivity contribution < 1.29 is 14.3 Å². The van der Waals surface area contributed by atoms with Crippen molar-refractivity contribution in [3.8, 4) is 0 Å². The maximum absolute atomic E-state index is 12.2. The first kappa shape index (κ1) is 14.0. The normalized spacial score (nSPS) is 25.3. The summed E-state index contributed by atoms with van der Waals surface area (Å²) in [5, 5.41) is 6.82. The van der Waals surface area contributed by atoms with Gasteiger partial charge in [-0.2, -0.15) is 5.10 Å². The summed E-state index contributed by atoms with van der Waals surface area (Å²) in [6.45, 7) is 2.54. The third-order valence-electron chi connectivity index (χ3n) is 4.03. The number of hydrogen-bond acceptors (Lipinski definition) is 5. The van der Waals surface area contributed by atoms with Gasteiger partial charge in [-0.1, -0.05) is 0 Å². The molecule has 2 fully saturated rings. The van der Waals surface area contributed by atoms with Crippen LogP contribution >= 0.6 is 0 Å². The van der Waals surface area contributed by atoms with Crippen LogP contribution in [0.25, 0.3) is 0 Å². The highest BCUT2D eigenvalue weighted by molar-refractivity contribution is 5.78. The van der Waals surface area contributed by atoms with Crippen molar-refractivity contribution >= 4 is 11.8 Å². The molecule has 1 spiro atoms. The van der Waals surface area contributed by atoms with Crippen molar-refractivity contribution in [1.29, 1.82) is 0 Å². The third-order valence-corrected chi connectivity index (χ3v) is 4.03. The van der Waals surface area contributed by atoms with E-state index in [1.807, 2.05) is 4.90 Å². The molecule has 2 saturated heterocycles. The average molecular weight is 293 g/mol. The Bertz CT molecular complexity index is 506. The Morgan fingerprint density at radius 3 is 3.14 bits per heavy atom. The van der Waals surface area contributed by atoms with Crippen molar-refractivity contribution in [1.82, 2.24) is 25.0 Å². The fourth-order valence-electron chi connectivity index (χ4n) is 2.80. The second-order valence-electron chi connectivity index (χ2n) is 5.58. The Kier molecular flexibility index (Phi) is 3.87. The third kappa shape index (κ3) is 3.21. The van der Waals surface area contributed by atoms with Crippen molar-refractivity contribution in [2.75, 3.05) is 26.2 Å². The molecular formula is C13H19N5O3. The second-order valence-corrected chi connectivity index (χ2v) is 5.58. The highest BCUT2D eigenvalue weighted by atomic mass is 16.5. The zero-order valence-corrected chi connectivity index (χ0v) is 11.8. The molecule has 1 aromatic rings. The molecule has 0 saturated carbocycles. The number of aromatic nitrogens is 3. The maximum atomic E-state index is 12.2. The van der Waals surface area contributed by atoms with Crippen LogP contribution in [0.3, 0.4) is 0 Å². The van der Waals surface area contributed by atoms with E-state index in [9.17, 15) is 9.59 Å². The highest BCUT2D eigenvalue weighted by Crippen LogP contribution is 2.27. The highest BCUT2D eigenvalue weighted by Gasteiger charge is 2.43. The molecule has 21 heavy (non-hydrogen) atoms. The van der Waals surface area contributed by atoms with Crippen LogP contribution < -0.4 is 5.32 Å². The number of nitrogens with one attached hydrogen (secondary N) is 1. The number of morpholine rings is 1. The Labute approximate surface area is 122 Å². The zero-order chi connectivity index (χ0) is 14.7. The summed E-state index contributed by atoms with van der Waals surface area (Å²) >= 11 is 0. The van der Waals surface area contributed by atoms with Gasteiger partial charge in [-0.15, -0.1) is 0 Å². The number of nitrogens with zero attached hydrogens (tertiary/aromatic N) is 4. The molecule has 1 aromatic heterocycles. The van der Waals surface area contributed by atoms with E-state index >= 15 is 0 Å². The van der Waals surface area contributed by atoms with Crippen LogP contribution in [0.1, 0.15) is 19.3 Å². The molecule has 1 unspecified atom stereocenters. The summed E-state index contributed by atoms with van der Waals surface area (Å²) in [6.07, 6.45) is 5.14. The van der Waals surface area contributed by atoms with E-state index in [4.69, 9.17) is 4.74 Å². The van der Waals surface area contributed by atoms with E-state index in [2.05, 4.69) is 15.4 Å². The first-order valence-corrected chi connectivity index (χ1v) is 7.18. The van der Waals surface area contributed by atoms with Crippen molar-refractivity contribution in [2.24, 2.45) is 0 Å². The second kappa shape index (κ2) is 5.80. The minimum absolute atomic E-state index is 0.0850. The maximum Gasteiger partial charge on any atom is 0.246 e. The summed E-state index contributed by atoms with van der Waals surface area (Å²) < 4.78 is 7.37. The number of carbonyl (C=O) groups is 2. The molecule has 8 nitrogen and oxygen atoms in total. The van der Waals surface area contributed by atoms with Crippen LogP contribution in [0.2, 0.25) is 0 Å². The number of hydrogen-bond donors (Lipinski definition) is 1. The first-order valence-electron chi connectivity index (χ1n) is 7.18. The van der Waals surface area contributed by atoms with Crippen molar-refractivity contribution in [3.63, 3.8) is 0 Å². The molecular weight excluding hydrogens is 274 g/mol. The van der Waals surface area contributed by atoms with Crippen molar-refractivity contribution in [2.45, 2.75) is 31.4 Å². The Morgan fingerprint density at radius 1 is 1.52 bits per heavy atom. The van der Waals surface area contributed by atoms with Gasteiger partial charge in [0.25, 0.3) is 0 Å². The molecule has 3 heterocycles. The SMILES string of the molecule is O=C1COC2(CCN(C(=O)CCCn3cncn3)C2)CN1.